The molecular formula is C14H17NO4. The van der Waals surface area contributed by atoms with Gasteiger partial charge in [0.25, 0.3) is 0 Å². The van der Waals surface area contributed by atoms with Crippen LogP contribution in [0, 0.1) is 6.92 Å². The van der Waals surface area contributed by atoms with Crippen LogP contribution < -0.4 is 5.32 Å². The molecule has 2 aromatic rings. The third-order valence-electron chi connectivity index (χ3n) is 2.79. The Hall–Kier alpha value is -2.01. The largest absolute Gasteiger partial charge is 0.469 e. The average molecular weight is 263 g/mol. The van der Waals surface area contributed by atoms with Gasteiger partial charge in [-0.1, -0.05) is 6.92 Å². The van der Waals surface area contributed by atoms with Gasteiger partial charge in [0, 0.05) is 5.56 Å². The van der Waals surface area contributed by atoms with Crippen LogP contribution in [-0.2, 0) is 4.74 Å². The first-order valence-electron chi connectivity index (χ1n) is 6.12. The number of ether oxygens (including phenoxy) is 1. The number of furan rings is 2. The minimum absolute atomic E-state index is 0.138. The van der Waals surface area contributed by atoms with Gasteiger partial charge in [-0.2, -0.15) is 0 Å². The predicted octanol–water partition coefficient (Wildman–Crippen LogP) is 2.67. The Morgan fingerprint density at radius 3 is 2.84 bits per heavy atom. The summed E-state index contributed by atoms with van der Waals surface area (Å²) in [5.74, 6) is 1.20. The summed E-state index contributed by atoms with van der Waals surface area (Å²) in [6, 6.07) is 5.18. The lowest BCUT2D eigenvalue weighted by Crippen LogP contribution is -2.21. The molecule has 1 N–H and O–H groups in total. The maximum absolute atomic E-state index is 11.4. The Balaban J connectivity index is 2.29. The molecule has 0 saturated carbocycles. The van der Waals surface area contributed by atoms with Gasteiger partial charge in [-0.05, 0) is 31.7 Å². The fourth-order valence-electron chi connectivity index (χ4n) is 1.92. The molecular weight excluding hydrogens is 246 g/mol. The average Bonchev–Trinajstić information content (AvgIpc) is 3.04. The molecule has 0 fully saturated rings. The number of carbonyl (C=O) groups excluding carboxylic acids is 1. The Morgan fingerprint density at radius 2 is 2.26 bits per heavy atom. The van der Waals surface area contributed by atoms with E-state index in [1.165, 1.54) is 7.11 Å². The maximum atomic E-state index is 11.4. The monoisotopic (exact) mass is 263 g/mol. The number of carbonyl (C=O) groups is 1. The first-order chi connectivity index (χ1) is 9.15. The lowest BCUT2D eigenvalue weighted by molar-refractivity contribution is 0.0562. The van der Waals surface area contributed by atoms with Crippen molar-refractivity contribution in [1.82, 2.24) is 5.32 Å². The minimum Gasteiger partial charge on any atom is -0.469 e. The van der Waals surface area contributed by atoms with Crippen LogP contribution in [-0.4, -0.2) is 19.6 Å². The van der Waals surface area contributed by atoms with Crippen molar-refractivity contribution in [3.8, 4) is 0 Å². The van der Waals surface area contributed by atoms with Crippen molar-refractivity contribution in [2.45, 2.75) is 19.9 Å². The van der Waals surface area contributed by atoms with E-state index in [1.807, 2.05) is 19.9 Å². The highest BCUT2D eigenvalue weighted by Crippen LogP contribution is 2.25. The predicted molar refractivity (Wildman–Crippen MR) is 69.0 cm³/mol. The highest BCUT2D eigenvalue weighted by Gasteiger charge is 2.21. The summed E-state index contributed by atoms with van der Waals surface area (Å²) in [5, 5.41) is 3.29. The summed E-state index contributed by atoms with van der Waals surface area (Å²) in [5.41, 5.74) is 0.963. The maximum Gasteiger partial charge on any atom is 0.373 e. The summed E-state index contributed by atoms with van der Waals surface area (Å²) < 4.78 is 15.5. The van der Waals surface area contributed by atoms with Crippen LogP contribution in [0.25, 0.3) is 0 Å². The SMILES string of the molecule is CCNC(c1coc(C)c1)c1ccc(C(=O)OC)o1. The topological polar surface area (TPSA) is 64.6 Å². The number of esters is 1. The van der Waals surface area contributed by atoms with Crippen LogP contribution in [0.2, 0.25) is 0 Å². The molecule has 0 aliphatic rings. The molecule has 5 heteroatoms. The van der Waals surface area contributed by atoms with Gasteiger partial charge in [-0.25, -0.2) is 4.79 Å². The molecule has 2 aromatic heterocycles. The van der Waals surface area contributed by atoms with Gasteiger partial charge in [-0.15, -0.1) is 0 Å². The molecule has 0 amide bonds. The van der Waals surface area contributed by atoms with Crippen molar-refractivity contribution >= 4 is 5.97 Å². The Bertz CT molecular complexity index is 555. The summed E-state index contributed by atoms with van der Waals surface area (Å²) in [7, 11) is 1.33. The van der Waals surface area contributed by atoms with E-state index in [1.54, 1.807) is 18.4 Å². The molecule has 2 heterocycles. The molecule has 2 rings (SSSR count). The molecule has 0 aromatic carbocycles. The van der Waals surface area contributed by atoms with Crippen LogP contribution in [0.3, 0.4) is 0 Å². The molecule has 19 heavy (non-hydrogen) atoms. The summed E-state index contributed by atoms with van der Waals surface area (Å²) in [6.07, 6.45) is 1.68. The smallest absolute Gasteiger partial charge is 0.373 e. The second-order valence-corrected chi connectivity index (χ2v) is 4.17. The number of rotatable bonds is 5. The standard InChI is InChI=1S/C14H17NO4/c1-4-15-13(10-7-9(2)18-8-10)11-5-6-12(19-11)14(16)17-3/h5-8,13,15H,4H2,1-3H3. The van der Waals surface area contributed by atoms with E-state index < -0.39 is 5.97 Å². The summed E-state index contributed by atoms with van der Waals surface area (Å²) in [6.45, 7) is 4.65. The van der Waals surface area contributed by atoms with Crippen molar-refractivity contribution in [3.63, 3.8) is 0 Å². The Labute approximate surface area is 111 Å². The van der Waals surface area contributed by atoms with E-state index in [9.17, 15) is 4.79 Å². The van der Waals surface area contributed by atoms with E-state index >= 15 is 0 Å². The summed E-state index contributed by atoms with van der Waals surface area (Å²) >= 11 is 0. The van der Waals surface area contributed by atoms with Crippen molar-refractivity contribution < 1.29 is 18.4 Å². The fourth-order valence-corrected chi connectivity index (χ4v) is 1.92. The zero-order valence-corrected chi connectivity index (χ0v) is 11.2. The Morgan fingerprint density at radius 1 is 1.47 bits per heavy atom. The molecule has 1 unspecified atom stereocenters. The number of nitrogens with one attached hydrogen (secondary N) is 1. The molecule has 102 valence electrons. The molecule has 0 spiro atoms. The molecule has 0 radical (unpaired) electrons. The minimum atomic E-state index is -0.482. The van der Waals surface area contributed by atoms with E-state index in [0.717, 1.165) is 17.9 Å². The van der Waals surface area contributed by atoms with Gasteiger partial charge in [0.2, 0.25) is 5.76 Å². The van der Waals surface area contributed by atoms with Gasteiger partial charge < -0.3 is 18.9 Å². The van der Waals surface area contributed by atoms with Gasteiger partial charge in [0.15, 0.2) is 0 Å². The van der Waals surface area contributed by atoms with E-state index in [2.05, 4.69) is 10.1 Å². The van der Waals surface area contributed by atoms with Crippen molar-refractivity contribution in [2.75, 3.05) is 13.7 Å². The van der Waals surface area contributed by atoms with Gasteiger partial charge in [0.1, 0.15) is 11.5 Å². The van der Waals surface area contributed by atoms with Crippen LogP contribution in [0.1, 0.15) is 40.6 Å². The third kappa shape index (κ3) is 2.88. The van der Waals surface area contributed by atoms with Gasteiger partial charge >= 0.3 is 5.97 Å². The normalized spacial score (nSPS) is 12.4. The molecule has 0 aliphatic heterocycles. The van der Waals surface area contributed by atoms with E-state index in [4.69, 9.17) is 8.83 Å². The van der Waals surface area contributed by atoms with E-state index in [-0.39, 0.29) is 11.8 Å². The third-order valence-corrected chi connectivity index (χ3v) is 2.79. The molecule has 0 bridgehead atoms. The number of hydrogen-bond acceptors (Lipinski definition) is 5. The second kappa shape index (κ2) is 5.75. The van der Waals surface area contributed by atoms with Crippen LogP contribution in [0.4, 0.5) is 0 Å². The lowest BCUT2D eigenvalue weighted by Gasteiger charge is -2.13. The van der Waals surface area contributed by atoms with Gasteiger partial charge in [0.05, 0.1) is 19.4 Å². The fraction of sp³-hybridized carbons (Fsp3) is 0.357. The highest BCUT2D eigenvalue weighted by molar-refractivity contribution is 5.86. The number of hydrogen-bond donors (Lipinski definition) is 1. The van der Waals surface area contributed by atoms with Gasteiger partial charge in [-0.3, -0.25) is 0 Å². The van der Waals surface area contributed by atoms with Crippen molar-refractivity contribution in [3.05, 3.63) is 47.3 Å². The van der Waals surface area contributed by atoms with Crippen molar-refractivity contribution in [2.24, 2.45) is 0 Å². The number of aryl methyl sites for hydroxylation is 1. The van der Waals surface area contributed by atoms with Crippen LogP contribution in [0.5, 0.6) is 0 Å². The lowest BCUT2D eigenvalue weighted by atomic mass is 10.1. The molecule has 0 aliphatic carbocycles. The van der Waals surface area contributed by atoms with Crippen LogP contribution in [0.15, 0.2) is 33.3 Å². The van der Waals surface area contributed by atoms with E-state index in [0.29, 0.717) is 5.76 Å². The zero-order valence-electron chi connectivity index (χ0n) is 11.2. The first kappa shape index (κ1) is 13.4. The highest BCUT2D eigenvalue weighted by atomic mass is 16.5. The Kier molecular flexibility index (Phi) is 4.06. The van der Waals surface area contributed by atoms with Crippen LogP contribution >= 0.6 is 0 Å². The molecule has 5 nitrogen and oxygen atoms in total. The summed E-state index contributed by atoms with van der Waals surface area (Å²) in [4.78, 5) is 11.4. The second-order valence-electron chi connectivity index (χ2n) is 4.17. The quantitative estimate of drug-likeness (QED) is 0.840. The van der Waals surface area contributed by atoms with Crippen molar-refractivity contribution in [1.29, 1.82) is 0 Å². The zero-order chi connectivity index (χ0) is 13.8. The first-order valence-corrected chi connectivity index (χ1v) is 6.12. The number of methoxy groups -OCH3 is 1. The molecule has 0 saturated heterocycles. The molecule has 1 atom stereocenters.